The summed E-state index contributed by atoms with van der Waals surface area (Å²) in [5.41, 5.74) is 1.25. The van der Waals surface area contributed by atoms with Crippen molar-refractivity contribution in [3.05, 3.63) is 71.4 Å². The van der Waals surface area contributed by atoms with E-state index in [-0.39, 0.29) is 23.7 Å². The minimum Gasteiger partial charge on any atom is -0.354 e. The average Bonchev–Trinajstić information content (AvgIpc) is 3.32. The van der Waals surface area contributed by atoms with Crippen molar-refractivity contribution >= 4 is 16.6 Å². The fourth-order valence-corrected chi connectivity index (χ4v) is 4.75. The van der Waals surface area contributed by atoms with Crippen molar-refractivity contribution in [1.82, 2.24) is 25.3 Å². The molecule has 7 nitrogen and oxygen atoms in total. The number of halogens is 3. The van der Waals surface area contributed by atoms with E-state index in [9.17, 15) is 13.2 Å². The number of benzene rings is 2. The molecule has 0 spiro atoms. The minimum absolute atomic E-state index is 0.0527. The molecule has 5 rings (SSSR count). The predicted octanol–water partition coefficient (Wildman–Crippen LogP) is 4.68. The summed E-state index contributed by atoms with van der Waals surface area (Å²) in [6, 6.07) is 15.4. The van der Waals surface area contributed by atoms with Crippen LogP contribution in [0.1, 0.15) is 29.5 Å². The second-order valence-corrected chi connectivity index (χ2v) is 8.88. The van der Waals surface area contributed by atoms with Crippen molar-refractivity contribution in [1.29, 1.82) is 5.26 Å². The summed E-state index contributed by atoms with van der Waals surface area (Å²) in [5, 5.41) is 27.7. The molecule has 10 heteroatoms. The predicted molar refractivity (Wildman–Crippen MR) is 130 cm³/mol. The zero-order valence-electron chi connectivity index (χ0n) is 19.6. The number of alkyl halides is 3. The summed E-state index contributed by atoms with van der Waals surface area (Å²) in [5.74, 6) is 0.802. The molecule has 36 heavy (non-hydrogen) atoms. The standard InChI is InChI=1S/C26H24F3N7/c1-35-23(8-11-32-35)24-20-4-2-3-5-21(20)25(34-33-24)36-12-9-19(10-13-36)31-16-18-14-17(15-30)6-7-22(18)26(27,28)29/h2-8,11,14,19,31H,9-10,12-13,16H2,1H3. The van der Waals surface area contributed by atoms with Crippen LogP contribution >= 0.6 is 0 Å². The van der Waals surface area contributed by atoms with Gasteiger partial charge in [0.05, 0.1) is 22.9 Å². The number of piperidine rings is 1. The van der Waals surface area contributed by atoms with Crippen molar-refractivity contribution in [3.8, 4) is 17.5 Å². The van der Waals surface area contributed by atoms with E-state index in [0.717, 1.165) is 46.9 Å². The number of hydrogen-bond donors (Lipinski definition) is 1. The third-order valence-corrected chi connectivity index (χ3v) is 6.65. The van der Waals surface area contributed by atoms with E-state index in [4.69, 9.17) is 5.26 Å². The molecule has 1 N–H and O–H groups in total. The largest absolute Gasteiger partial charge is 0.416 e. The van der Waals surface area contributed by atoms with Gasteiger partial charge in [-0.3, -0.25) is 4.68 Å². The van der Waals surface area contributed by atoms with Crippen LogP contribution in [0.2, 0.25) is 0 Å². The quantitative estimate of drug-likeness (QED) is 0.437. The van der Waals surface area contributed by atoms with Crippen molar-refractivity contribution in [2.45, 2.75) is 31.6 Å². The lowest BCUT2D eigenvalue weighted by Gasteiger charge is -2.34. The number of nitrogens with zero attached hydrogens (tertiary/aromatic N) is 6. The first-order valence-electron chi connectivity index (χ1n) is 11.7. The molecule has 0 amide bonds. The van der Waals surface area contributed by atoms with Crippen LogP contribution in [0.4, 0.5) is 19.0 Å². The molecule has 1 saturated heterocycles. The van der Waals surface area contributed by atoms with Gasteiger partial charge in [0.25, 0.3) is 0 Å². The van der Waals surface area contributed by atoms with Gasteiger partial charge in [-0.05, 0) is 42.7 Å². The summed E-state index contributed by atoms with van der Waals surface area (Å²) >= 11 is 0. The van der Waals surface area contributed by atoms with E-state index >= 15 is 0 Å². The minimum atomic E-state index is -4.46. The van der Waals surface area contributed by atoms with Gasteiger partial charge in [-0.25, -0.2) is 0 Å². The number of aromatic nitrogens is 4. The normalized spacial score (nSPS) is 14.8. The first kappa shape index (κ1) is 23.8. The lowest BCUT2D eigenvalue weighted by atomic mass is 10.0. The van der Waals surface area contributed by atoms with Crippen LogP contribution in [0.25, 0.3) is 22.2 Å². The zero-order valence-corrected chi connectivity index (χ0v) is 19.6. The molecule has 2 aromatic carbocycles. The molecule has 2 aromatic heterocycles. The van der Waals surface area contributed by atoms with E-state index in [1.54, 1.807) is 10.9 Å². The number of nitriles is 1. The van der Waals surface area contributed by atoms with Crippen LogP contribution in [-0.4, -0.2) is 39.1 Å². The van der Waals surface area contributed by atoms with Crippen LogP contribution in [0, 0.1) is 11.3 Å². The van der Waals surface area contributed by atoms with E-state index < -0.39 is 11.7 Å². The molecule has 4 aromatic rings. The summed E-state index contributed by atoms with van der Waals surface area (Å²) in [4.78, 5) is 2.18. The maximum absolute atomic E-state index is 13.4. The Morgan fingerprint density at radius 1 is 1.06 bits per heavy atom. The van der Waals surface area contributed by atoms with E-state index in [1.807, 2.05) is 43.4 Å². The van der Waals surface area contributed by atoms with Crippen LogP contribution < -0.4 is 10.2 Å². The number of hydrogen-bond acceptors (Lipinski definition) is 6. The maximum atomic E-state index is 13.4. The third-order valence-electron chi connectivity index (χ3n) is 6.65. The monoisotopic (exact) mass is 491 g/mol. The summed E-state index contributed by atoms with van der Waals surface area (Å²) in [6.45, 7) is 1.45. The SMILES string of the molecule is Cn1nccc1-c1nnc(N2CCC(NCc3cc(C#N)ccc3C(F)(F)F)CC2)c2ccccc12. The lowest BCUT2D eigenvalue weighted by Crippen LogP contribution is -2.43. The Bertz CT molecular complexity index is 1430. The Labute approximate surface area is 206 Å². The first-order chi connectivity index (χ1) is 17.3. The topological polar surface area (TPSA) is 82.7 Å². The third kappa shape index (κ3) is 4.62. The Morgan fingerprint density at radius 3 is 2.47 bits per heavy atom. The molecular weight excluding hydrogens is 467 g/mol. The number of anilines is 1. The van der Waals surface area contributed by atoms with Crippen molar-refractivity contribution in [3.63, 3.8) is 0 Å². The summed E-state index contributed by atoms with van der Waals surface area (Å²) in [7, 11) is 1.87. The van der Waals surface area contributed by atoms with Crippen LogP contribution in [0.15, 0.2) is 54.7 Å². The molecule has 0 bridgehead atoms. The Balaban J connectivity index is 1.30. The van der Waals surface area contributed by atoms with E-state index in [2.05, 4.69) is 25.5 Å². The Hall–Kier alpha value is -3.97. The Kier molecular flexibility index (Phi) is 6.33. The molecule has 0 unspecified atom stereocenters. The summed E-state index contributed by atoms with van der Waals surface area (Å²) in [6.07, 6.45) is -1.24. The van der Waals surface area contributed by atoms with Gasteiger partial charge < -0.3 is 10.2 Å². The fraction of sp³-hybridized carbons (Fsp3) is 0.308. The molecule has 0 aliphatic carbocycles. The Morgan fingerprint density at radius 2 is 1.81 bits per heavy atom. The van der Waals surface area contributed by atoms with Gasteiger partial charge >= 0.3 is 6.18 Å². The van der Waals surface area contributed by atoms with Gasteiger partial charge in [0.15, 0.2) is 5.82 Å². The van der Waals surface area contributed by atoms with Gasteiger partial charge in [-0.15, -0.1) is 10.2 Å². The highest BCUT2D eigenvalue weighted by Crippen LogP contribution is 2.34. The van der Waals surface area contributed by atoms with Gasteiger partial charge in [-0.2, -0.15) is 23.5 Å². The molecular formula is C26H24F3N7. The molecule has 184 valence electrons. The highest BCUT2D eigenvalue weighted by molar-refractivity contribution is 5.99. The maximum Gasteiger partial charge on any atom is 0.416 e. The van der Waals surface area contributed by atoms with Crippen molar-refractivity contribution in [2.75, 3.05) is 18.0 Å². The smallest absolute Gasteiger partial charge is 0.354 e. The van der Waals surface area contributed by atoms with Gasteiger partial charge in [0, 0.05) is 49.7 Å². The van der Waals surface area contributed by atoms with Crippen molar-refractivity contribution in [2.24, 2.45) is 7.05 Å². The van der Waals surface area contributed by atoms with Gasteiger partial charge in [0.2, 0.25) is 0 Å². The number of aryl methyl sites for hydroxylation is 1. The second-order valence-electron chi connectivity index (χ2n) is 8.88. The molecule has 1 fully saturated rings. The van der Waals surface area contributed by atoms with Crippen LogP contribution in [0.3, 0.4) is 0 Å². The van der Waals surface area contributed by atoms with E-state index in [0.29, 0.717) is 13.1 Å². The summed E-state index contributed by atoms with van der Waals surface area (Å²) < 4.78 is 42.0. The van der Waals surface area contributed by atoms with Gasteiger partial charge in [0.1, 0.15) is 5.69 Å². The number of nitrogens with one attached hydrogen (secondary N) is 1. The highest BCUT2D eigenvalue weighted by atomic mass is 19.4. The molecule has 1 aliphatic rings. The molecule has 3 heterocycles. The van der Waals surface area contributed by atoms with Crippen molar-refractivity contribution < 1.29 is 13.2 Å². The number of rotatable bonds is 5. The first-order valence-corrected chi connectivity index (χ1v) is 11.7. The lowest BCUT2D eigenvalue weighted by molar-refractivity contribution is -0.138. The molecule has 0 atom stereocenters. The number of fused-ring (bicyclic) bond motifs is 1. The van der Waals surface area contributed by atoms with E-state index in [1.165, 1.54) is 12.1 Å². The fourth-order valence-electron chi connectivity index (χ4n) is 4.75. The zero-order chi connectivity index (χ0) is 25.3. The van der Waals surface area contributed by atoms with Crippen LogP contribution in [-0.2, 0) is 19.8 Å². The molecule has 0 saturated carbocycles. The molecule has 1 aliphatic heterocycles. The molecule has 0 radical (unpaired) electrons. The highest BCUT2D eigenvalue weighted by Gasteiger charge is 2.33. The van der Waals surface area contributed by atoms with Crippen LogP contribution in [0.5, 0.6) is 0 Å². The van der Waals surface area contributed by atoms with Gasteiger partial charge in [-0.1, -0.05) is 24.3 Å². The average molecular weight is 492 g/mol. The second kappa shape index (κ2) is 9.59.